The molecule has 1 rings (SSSR count). The van der Waals surface area contributed by atoms with Gasteiger partial charge in [0.15, 0.2) is 0 Å². The predicted octanol–water partition coefficient (Wildman–Crippen LogP) is 0.773. The molecule has 0 saturated carbocycles. The van der Waals surface area contributed by atoms with Gasteiger partial charge in [0.05, 0.1) is 6.20 Å². The summed E-state index contributed by atoms with van der Waals surface area (Å²) in [6, 6.07) is 1.68. The number of nitrogens with one attached hydrogen (secondary N) is 2. The first kappa shape index (κ1) is 9.73. The second-order valence-electron chi connectivity index (χ2n) is 2.56. The quantitative estimate of drug-likeness (QED) is 0.724. The topological polar surface area (TPSA) is 67.0 Å². The molecule has 1 atom stereocenters. The van der Waals surface area contributed by atoms with Crippen LogP contribution < -0.4 is 5.32 Å². The number of carbonyl (C=O) groups excluding carboxylic acids is 1. The highest BCUT2D eigenvalue weighted by atomic mass is 16.5. The van der Waals surface area contributed by atoms with Crippen molar-refractivity contribution in [3.63, 3.8) is 0 Å². The normalized spacial score (nSPS) is 12.5. The lowest BCUT2D eigenvalue weighted by Crippen LogP contribution is -2.27. The Hall–Kier alpha value is -1.36. The molecule has 72 valence electrons. The van der Waals surface area contributed by atoms with E-state index in [-0.39, 0.29) is 5.91 Å². The first-order chi connectivity index (χ1) is 6.24. The lowest BCUT2D eigenvalue weighted by atomic mass is 10.4. The Morgan fingerprint density at radius 1 is 1.85 bits per heavy atom. The van der Waals surface area contributed by atoms with Crippen LogP contribution in [0.25, 0.3) is 0 Å². The highest BCUT2D eigenvalue weighted by Gasteiger charge is 2.12. The molecule has 0 aliphatic carbocycles. The molecule has 1 aromatic heterocycles. The number of carbonyl (C=O) groups is 1. The summed E-state index contributed by atoms with van der Waals surface area (Å²) in [5.41, 5.74) is 0. The van der Waals surface area contributed by atoms with E-state index in [1.165, 1.54) is 0 Å². The van der Waals surface area contributed by atoms with Crippen LogP contribution in [0.1, 0.15) is 13.8 Å². The Morgan fingerprint density at radius 2 is 2.62 bits per heavy atom. The van der Waals surface area contributed by atoms with Gasteiger partial charge in [-0.05, 0) is 13.8 Å². The second kappa shape index (κ2) is 4.61. The maximum absolute atomic E-state index is 11.3. The number of amides is 1. The summed E-state index contributed by atoms with van der Waals surface area (Å²) in [6.07, 6.45) is 1.13. The van der Waals surface area contributed by atoms with Gasteiger partial charge in [0.2, 0.25) is 0 Å². The summed E-state index contributed by atoms with van der Waals surface area (Å²) in [4.78, 5) is 11.3. The van der Waals surface area contributed by atoms with Gasteiger partial charge in [-0.2, -0.15) is 5.10 Å². The number of ether oxygens (including phenoxy) is 1. The van der Waals surface area contributed by atoms with E-state index in [0.29, 0.717) is 12.4 Å². The van der Waals surface area contributed by atoms with Gasteiger partial charge in [0, 0.05) is 12.7 Å². The Kier molecular flexibility index (Phi) is 3.45. The fraction of sp³-hybridized carbons (Fsp3) is 0.500. The number of hydrogen-bond acceptors (Lipinski definition) is 3. The molecule has 5 heteroatoms. The van der Waals surface area contributed by atoms with Crippen LogP contribution in [0, 0.1) is 0 Å². The average Bonchev–Trinajstić information content (AvgIpc) is 2.57. The molecule has 1 aromatic rings. The zero-order valence-corrected chi connectivity index (χ0v) is 7.70. The van der Waals surface area contributed by atoms with Gasteiger partial charge < -0.3 is 10.1 Å². The van der Waals surface area contributed by atoms with Gasteiger partial charge in [-0.25, -0.2) is 0 Å². The zero-order valence-electron chi connectivity index (χ0n) is 7.70. The van der Waals surface area contributed by atoms with Crippen molar-refractivity contribution < 1.29 is 9.53 Å². The maximum Gasteiger partial charge on any atom is 0.254 e. The van der Waals surface area contributed by atoms with Crippen molar-refractivity contribution in [2.45, 2.75) is 20.0 Å². The van der Waals surface area contributed by atoms with Crippen LogP contribution in [-0.4, -0.2) is 28.8 Å². The first-order valence-corrected chi connectivity index (χ1v) is 4.16. The van der Waals surface area contributed by atoms with E-state index in [1.807, 2.05) is 6.92 Å². The summed E-state index contributed by atoms with van der Waals surface area (Å²) in [7, 11) is 0. The summed E-state index contributed by atoms with van der Waals surface area (Å²) in [5, 5.41) is 8.95. The van der Waals surface area contributed by atoms with Gasteiger partial charge in [-0.3, -0.25) is 9.89 Å². The number of hydrogen-bond donors (Lipinski definition) is 2. The Bertz CT molecular complexity index is 258. The highest BCUT2D eigenvalue weighted by Crippen LogP contribution is 2.01. The molecule has 2 N–H and O–H groups in total. The van der Waals surface area contributed by atoms with Crippen LogP contribution in [0.2, 0.25) is 0 Å². The third kappa shape index (κ3) is 2.87. The number of anilines is 1. The van der Waals surface area contributed by atoms with E-state index in [9.17, 15) is 4.79 Å². The van der Waals surface area contributed by atoms with Crippen LogP contribution in [0.15, 0.2) is 12.3 Å². The minimum atomic E-state index is -0.437. The molecule has 0 bridgehead atoms. The number of H-pyrrole nitrogens is 1. The molecule has 5 nitrogen and oxygen atoms in total. The van der Waals surface area contributed by atoms with Crippen molar-refractivity contribution in [1.82, 2.24) is 10.2 Å². The van der Waals surface area contributed by atoms with Crippen LogP contribution >= 0.6 is 0 Å². The third-order valence-corrected chi connectivity index (χ3v) is 1.54. The van der Waals surface area contributed by atoms with Crippen molar-refractivity contribution in [3.8, 4) is 0 Å². The molecule has 0 aliphatic rings. The molecule has 13 heavy (non-hydrogen) atoms. The van der Waals surface area contributed by atoms with Crippen molar-refractivity contribution in [2.75, 3.05) is 11.9 Å². The maximum atomic E-state index is 11.3. The molecular weight excluding hydrogens is 170 g/mol. The minimum absolute atomic E-state index is 0.175. The molecule has 1 unspecified atom stereocenters. The van der Waals surface area contributed by atoms with E-state index in [1.54, 1.807) is 19.2 Å². The molecule has 1 amide bonds. The van der Waals surface area contributed by atoms with Crippen molar-refractivity contribution >= 4 is 11.7 Å². The second-order valence-corrected chi connectivity index (χ2v) is 2.56. The van der Waals surface area contributed by atoms with E-state index in [0.717, 1.165) is 0 Å². The number of rotatable bonds is 4. The Labute approximate surface area is 76.5 Å². The molecular formula is C8H13N3O2. The van der Waals surface area contributed by atoms with E-state index >= 15 is 0 Å². The fourth-order valence-corrected chi connectivity index (χ4v) is 0.886. The largest absolute Gasteiger partial charge is 0.369 e. The van der Waals surface area contributed by atoms with E-state index < -0.39 is 6.10 Å². The summed E-state index contributed by atoms with van der Waals surface area (Å²) in [5.74, 6) is 0.405. The van der Waals surface area contributed by atoms with E-state index in [2.05, 4.69) is 15.5 Å². The van der Waals surface area contributed by atoms with Gasteiger partial charge >= 0.3 is 0 Å². The monoisotopic (exact) mass is 183 g/mol. The first-order valence-electron chi connectivity index (χ1n) is 4.16. The SMILES string of the molecule is CCOC(C)C(=O)Nc1ccn[nH]1. The van der Waals surface area contributed by atoms with Crippen LogP contribution in [0.4, 0.5) is 5.82 Å². The lowest BCUT2D eigenvalue weighted by molar-refractivity contribution is -0.126. The van der Waals surface area contributed by atoms with Gasteiger partial charge in [-0.15, -0.1) is 0 Å². The van der Waals surface area contributed by atoms with Crippen LogP contribution in [0.3, 0.4) is 0 Å². The number of aromatic amines is 1. The molecule has 0 saturated heterocycles. The number of aromatic nitrogens is 2. The van der Waals surface area contributed by atoms with Crippen LogP contribution in [-0.2, 0) is 9.53 Å². The average molecular weight is 183 g/mol. The molecule has 0 fully saturated rings. The van der Waals surface area contributed by atoms with Crippen molar-refractivity contribution in [2.24, 2.45) is 0 Å². The predicted molar refractivity (Wildman–Crippen MR) is 48.3 cm³/mol. The molecule has 1 heterocycles. The van der Waals surface area contributed by atoms with Crippen molar-refractivity contribution in [1.29, 1.82) is 0 Å². The molecule has 0 aliphatic heterocycles. The summed E-state index contributed by atoms with van der Waals surface area (Å²) >= 11 is 0. The standard InChI is InChI=1S/C8H13N3O2/c1-3-13-6(2)8(12)10-7-4-5-9-11-7/h4-6H,3H2,1-2H3,(H2,9,10,11,12). The minimum Gasteiger partial charge on any atom is -0.369 e. The Balaban J connectivity index is 2.41. The zero-order chi connectivity index (χ0) is 9.68. The summed E-state index contributed by atoms with van der Waals surface area (Å²) < 4.78 is 5.11. The summed E-state index contributed by atoms with van der Waals surface area (Å²) in [6.45, 7) is 4.08. The Morgan fingerprint density at radius 3 is 3.15 bits per heavy atom. The number of nitrogens with zero attached hydrogens (tertiary/aromatic N) is 1. The van der Waals surface area contributed by atoms with Gasteiger partial charge in [0.25, 0.3) is 5.91 Å². The smallest absolute Gasteiger partial charge is 0.254 e. The van der Waals surface area contributed by atoms with Gasteiger partial charge in [-0.1, -0.05) is 0 Å². The molecule has 0 spiro atoms. The highest BCUT2D eigenvalue weighted by molar-refractivity contribution is 5.92. The van der Waals surface area contributed by atoms with E-state index in [4.69, 9.17) is 4.74 Å². The fourth-order valence-electron chi connectivity index (χ4n) is 0.886. The van der Waals surface area contributed by atoms with Gasteiger partial charge in [0.1, 0.15) is 11.9 Å². The molecule has 0 radical (unpaired) electrons. The lowest BCUT2D eigenvalue weighted by Gasteiger charge is -2.10. The van der Waals surface area contributed by atoms with Crippen molar-refractivity contribution in [3.05, 3.63) is 12.3 Å². The molecule has 0 aromatic carbocycles. The van der Waals surface area contributed by atoms with Crippen LogP contribution in [0.5, 0.6) is 0 Å². The third-order valence-electron chi connectivity index (χ3n) is 1.54.